The molecule has 0 radical (unpaired) electrons. The molecule has 2 aromatic carbocycles. The van der Waals surface area contributed by atoms with Gasteiger partial charge in [0.1, 0.15) is 11.7 Å². The van der Waals surface area contributed by atoms with Crippen LogP contribution in [-0.4, -0.2) is 5.78 Å². The second-order valence-corrected chi connectivity index (χ2v) is 5.85. The number of carbonyl (C=O) groups excluding carboxylic acids is 1. The lowest BCUT2D eigenvalue weighted by Crippen LogP contribution is -2.13. The van der Waals surface area contributed by atoms with Crippen molar-refractivity contribution < 1.29 is 9.18 Å². The summed E-state index contributed by atoms with van der Waals surface area (Å²) in [6.07, 6.45) is 0. The Labute approximate surface area is 139 Å². The summed E-state index contributed by atoms with van der Waals surface area (Å²) in [7, 11) is 0. The zero-order valence-electron chi connectivity index (χ0n) is 10.4. The fraction of sp³-hybridized carbons (Fsp3) is 0.0667. The molecule has 0 aliphatic carbocycles. The number of hydrogen-bond acceptors (Lipinski definition) is 2. The molecule has 1 unspecified atom stereocenters. The van der Waals surface area contributed by atoms with E-state index in [4.69, 9.17) is 23.2 Å². The van der Waals surface area contributed by atoms with Crippen molar-refractivity contribution in [1.82, 2.24) is 0 Å². The fourth-order valence-electron chi connectivity index (χ4n) is 1.89. The van der Waals surface area contributed by atoms with Crippen molar-refractivity contribution in [2.24, 2.45) is 0 Å². The molecule has 0 heterocycles. The van der Waals surface area contributed by atoms with Crippen molar-refractivity contribution in [3.8, 4) is 6.07 Å². The van der Waals surface area contributed by atoms with E-state index < -0.39 is 17.5 Å². The molecule has 0 aliphatic rings. The Kier molecular flexibility index (Phi) is 5.00. The molecule has 6 heteroatoms. The molecule has 0 amide bonds. The molecule has 2 rings (SSSR count). The van der Waals surface area contributed by atoms with Gasteiger partial charge in [-0.15, -0.1) is 0 Å². The number of carbonyl (C=O) groups is 1. The van der Waals surface area contributed by atoms with Gasteiger partial charge < -0.3 is 0 Å². The number of Topliss-reactive ketones (excluding diaryl/α,β-unsaturated/α-hetero) is 1. The molecule has 0 fully saturated rings. The number of rotatable bonds is 3. The van der Waals surface area contributed by atoms with Crippen LogP contribution in [-0.2, 0) is 0 Å². The maximum atomic E-state index is 13.1. The van der Waals surface area contributed by atoms with Crippen LogP contribution in [0, 0.1) is 17.1 Å². The van der Waals surface area contributed by atoms with Gasteiger partial charge in [-0.25, -0.2) is 4.39 Å². The van der Waals surface area contributed by atoms with E-state index in [1.54, 1.807) is 18.2 Å². The monoisotopic (exact) mass is 385 g/mol. The highest BCUT2D eigenvalue weighted by molar-refractivity contribution is 9.10. The predicted octanol–water partition coefficient (Wildman–Crippen LogP) is 5.39. The van der Waals surface area contributed by atoms with Gasteiger partial charge >= 0.3 is 0 Å². The van der Waals surface area contributed by atoms with Crippen LogP contribution < -0.4 is 0 Å². The third-order valence-corrected chi connectivity index (χ3v) is 4.19. The van der Waals surface area contributed by atoms with E-state index in [1.165, 1.54) is 6.07 Å². The van der Waals surface area contributed by atoms with Crippen LogP contribution in [0.5, 0.6) is 0 Å². The van der Waals surface area contributed by atoms with Crippen LogP contribution in [0.25, 0.3) is 0 Å². The summed E-state index contributed by atoms with van der Waals surface area (Å²) in [6, 6.07) is 10.3. The van der Waals surface area contributed by atoms with Gasteiger partial charge in [-0.2, -0.15) is 5.26 Å². The van der Waals surface area contributed by atoms with Crippen molar-refractivity contribution in [1.29, 1.82) is 5.26 Å². The van der Waals surface area contributed by atoms with E-state index in [0.717, 1.165) is 12.1 Å². The van der Waals surface area contributed by atoms with Gasteiger partial charge in [0.15, 0.2) is 5.78 Å². The molecule has 1 atom stereocenters. The zero-order chi connectivity index (χ0) is 15.6. The number of benzene rings is 2. The molecule has 2 aromatic rings. The smallest absolute Gasteiger partial charge is 0.185 e. The second kappa shape index (κ2) is 6.57. The number of nitrogens with zero attached hydrogens (tertiary/aromatic N) is 1. The molecule has 0 N–H and O–H groups in total. The van der Waals surface area contributed by atoms with Gasteiger partial charge in [0.05, 0.1) is 6.07 Å². The highest BCUT2D eigenvalue weighted by Gasteiger charge is 2.27. The first-order valence-corrected chi connectivity index (χ1v) is 7.33. The van der Waals surface area contributed by atoms with Gasteiger partial charge in [-0.05, 0) is 46.3 Å². The summed E-state index contributed by atoms with van der Waals surface area (Å²) in [5, 5.41) is 9.80. The zero-order valence-corrected chi connectivity index (χ0v) is 13.5. The van der Waals surface area contributed by atoms with E-state index in [0.29, 0.717) is 0 Å². The summed E-state index contributed by atoms with van der Waals surface area (Å²) in [6.45, 7) is 0. The van der Waals surface area contributed by atoms with E-state index in [9.17, 15) is 14.4 Å². The average Bonchev–Trinajstić information content (AvgIpc) is 2.42. The van der Waals surface area contributed by atoms with Crippen molar-refractivity contribution in [3.63, 3.8) is 0 Å². The minimum Gasteiger partial charge on any atom is -0.292 e. The van der Waals surface area contributed by atoms with Crippen LogP contribution >= 0.6 is 39.1 Å². The highest BCUT2D eigenvalue weighted by atomic mass is 79.9. The lowest BCUT2D eigenvalue weighted by Gasteiger charge is -2.13. The van der Waals surface area contributed by atoms with Crippen LogP contribution in [0.4, 0.5) is 4.39 Å². The Morgan fingerprint density at radius 3 is 2.38 bits per heavy atom. The van der Waals surface area contributed by atoms with Crippen LogP contribution in [0.3, 0.4) is 0 Å². The Balaban J connectivity index is 2.52. The molecule has 106 valence electrons. The van der Waals surface area contributed by atoms with Gasteiger partial charge in [0, 0.05) is 25.6 Å². The maximum absolute atomic E-state index is 13.1. The molecule has 2 nitrogen and oxygen atoms in total. The number of ketones is 1. The summed E-state index contributed by atoms with van der Waals surface area (Å²) in [5.74, 6) is -2.14. The second-order valence-electron chi connectivity index (χ2n) is 4.19. The topological polar surface area (TPSA) is 40.9 Å². The SMILES string of the molecule is N#CC(C(=O)c1ccc(F)cc1Br)c1c(Cl)cccc1Cl. The summed E-state index contributed by atoms with van der Waals surface area (Å²) in [5.41, 5.74) is 0.448. The molecule has 0 aromatic heterocycles. The van der Waals surface area contributed by atoms with E-state index >= 15 is 0 Å². The first-order valence-electron chi connectivity index (χ1n) is 5.78. The third-order valence-electron chi connectivity index (χ3n) is 2.88. The average molecular weight is 387 g/mol. The fourth-order valence-corrected chi connectivity index (χ4v) is 3.05. The maximum Gasteiger partial charge on any atom is 0.185 e. The van der Waals surface area contributed by atoms with Crippen molar-refractivity contribution >= 4 is 44.9 Å². The van der Waals surface area contributed by atoms with E-state index in [-0.39, 0.29) is 25.6 Å². The van der Waals surface area contributed by atoms with Crippen LogP contribution in [0.15, 0.2) is 40.9 Å². The Bertz CT molecular complexity index is 738. The predicted molar refractivity (Wildman–Crippen MR) is 83.2 cm³/mol. The molecule has 0 spiro atoms. The molecule has 0 bridgehead atoms. The number of hydrogen-bond donors (Lipinski definition) is 0. The first kappa shape index (κ1) is 16.0. The minimum absolute atomic E-state index is 0.193. The summed E-state index contributed by atoms with van der Waals surface area (Å²) < 4.78 is 13.4. The van der Waals surface area contributed by atoms with Crippen molar-refractivity contribution in [2.45, 2.75) is 5.92 Å². The lowest BCUT2D eigenvalue weighted by molar-refractivity contribution is 0.0978. The lowest BCUT2D eigenvalue weighted by atomic mass is 9.91. The normalized spacial score (nSPS) is 11.8. The van der Waals surface area contributed by atoms with Gasteiger partial charge in [0.2, 0.25) is 0 Å². The van der Waals surface area contributed by atoms with Crippen LogP contribution in [0.1, 0.15) is 21.8 Å². The van der Waals surface area contributed by atoms with Crippen LogP contribution in [0.2, 0.25) is 10.0 Å². The van der Waals surface area contributed by atoms with Crippen molar-refractivity contribution in [3.05, 3.63) is 67.9 Å². The van der Waals surface area contributed by atoms with Gasteiger partial charge in [-0.3, -0.25) is 4.79 Å². The van der Waals surface area contributed by atoms with E-state index in [2.05, 4.69) is 15.9 Å². The standard InChI is InChI=1S/C15H7BrCl2FNO/c16-11-6-8(19)4-5-9(11)15(21)10(7-20)14-12(17)2-1-3-13(14)18/h1-6,10H. The van der Waals surface area contributed by atoms with Crippen molar-refractivity contribution in [2.75, 3.05) is 0 Å². The Morgan fingerprint density at radius 1 is 1.24 bits per heavy atom. The minimum atomic E-state index is -1.16. The quantitative estimate of drug-likeness (QED) is 0.664. The molecular weight excluding hydrogens is 380 g/mol. The molecule has 21 heavy (non-hydrogen) atoms. The number of nitriles is 1. The number of halogens is 4. The van der Waals surface area contributed by atoms with E-state index in [1.807, 2.05) is 6.07 Å². The third kappa shape index (κ3) is 3.26. The Morgan fingerprint density at radius 2 is 1.86 bits per heavy atom. The first-order chi connectivity index (χ1) is 9.95. The Hall–Kier alpha value is -1.41. The summed E-state index contributed by atoms with van der Waals surface area (Å²) >= 11 is 15.2. The summed E-state index contributed by atoms with van der Waals surface area (Å²) in [4.78, 5) is 12.5. The molecule has 0 aliphatic heterocycles. The van der Waals surface area contributed by atoms with Gasteiger partial charge in [-0.1, -0.05) is 29.3 Å². The molecular formula is C15H7BrCl2FNO. The van der Waals surface area contributed by atoms with Gasteiger partial charge in [0.25, 0.3) is 0 Å². The highest BCUT2D eigenvalue weighted by Crippen LogP contribution is 2.34. The largest absolute Gasteiger partial charge is 0.292 e. The molecule has 0 saturated carbocycles. The molecule has 0 saturated heterocycles.